The van der Waals surface area contributed by atoms with Crippen LogP contribution in [0.15, 0.2) is 42.5 Å². The van der Waals surface area contributed by atoms with Crippen LogP contribution in [0.5, 0.6) is 5.75 Å². The minimum Gasteiger partial charge on any atom is -0.495 e. The van der Waals surface area contributed by atoms with Gasteiger partial charge in [-0.05, 0) is 43.2 Å². The van der Waals surface area contributed by atoms with Crippen LogP contribution in [0.1, 0.15) is 29.4 Å². The third-order valence-electron chi connectivity index (χ3n) is 3.93. The summed E-state index contributed by atoms with van der Waals surface area (Å²) in [6.45, 7) is 4.72. The molecule has 0 radical (unpaired) electrons. The fourth-order valence-corrected chi connectivity index (χ4v) is 2.63. The topological polar surface area (TPSA) is 76.1 Å². The van der Waals surface area contributed by atoms with E-state index in [0.29, 0.717) is 29.3 Å². The highest BCUT2D eigenvalue weighted by Crippen LogP contribution is 2.26. The van der Waals surface area contributed by atoms with Crippen molar-refractivity contribution in [1.29, 1.82) is 0 Å². The second-order valence-corrected chi connectivity index (χ2v) is 5.99. The van der Waals surface area contributed by atoms with Crippen molar-refractivity contribution in [3.8, 4) is 5.75 Å². The van der Waals surface area contributed by atoms with Crippen molar-refractivity contribution in [1.82, 2.24) is 9.97 Å². The Balaban J connectivity index is 2.00. The zero-order valence-corrected chi connectivity index (χ0v) is 15.2. The van der Waals surface area contributed by atoms with E-state index in [-0.39, 0.29) is 11.6 Å². The second-order valence-electron chi connectivity index (χ2n) is 5.99. The molecule has 26 heavy (non-hydrogen) atoms. The van der Waals surface area contributed by atoms with E-state index in [1.165, 1.54) is 0 Å². The van der Waals surface area contributed by atoms with Gasteiger partial charge in [0.2, 0.25) is 0 Å². The molecule has 2 N–H and O–H groups in total. The van der Waals surface area contributed by atoms with Crippen LogP contribution in [0.2, 0.25) is 0 Å². The Morgan fingerprint density at radius 3 is 2.54 bits per heavy atom. The molecule has 0 fully saturated rings. The molecule has 0 aliphatic heterocycles. The third-order valence-corrected chi connectivity index (χ3v) is 3.93. The number of aryl methyl sites for hydroxylation is 1. The van der Waals surface area contributed by atoms with E-state index in [1.807, 2.05) is 49.4 Å². The van der Waals surface area contributed by atoms with Crippen molar-refractivity contribution >= 4 is 28.4 Å². The summed E-state index contributed by atoms with van der Waals surface area (Å²) in [5.74, 6) is 0.751. The number of anilines is 2. The highest BCUT2D eigenvalue weighted by atomic mass is 16.5. The molecular weight excluding hydrogens is 328 g/mol. The van der Waals surface area contributed by atoms with Gasteiger partial charge in [-0.15, -0.1) is 0 Å². The van der Waals surface area contributed by atoms with E-state index < -0.39 is 0 Å². The molecule has 1 aromatic heterocycles. The van der Waals surface area contributed by atoms with Crippen molar-refractivity contribution in [3.05, 3.63) is 53.7 Å². The number of methoxy groups -OCH3 is 1. The first-order chi connectivity index (χ1) is 12.6. The third kappa shape index (κ3) is 3.74. The summed E-state index contributed by atoms with van der Waals surface area (Å²) >= 11 is 0. The molecule has 6 nitrogen and oxygen atoms in total. The van der Waals surface area contributed by atoms with Crippen molar-refractivity contribution in [3.63, 3.8) is 0 Å². The molecule has 1 amide bonds. The van der Waals surface area contributed by atoms with Crippen molar-refractivity contribution < 1.29 is 9.53 Å². The number of hydrogen-bond donors (Lipinski definition) is 2. The number of nitrogens with one attached hydrogen (secondary N) is 2. The zero-order chi connectivity index (χ0) is 18.5. The van der Waals surface area contributed by atoms with Crippen molar-refractivity contribution in [2.45, 2.75) is 20.3 Å². The Morgan fingerprint density at radius 2 is 1.85 bits per heavy atom. The van der Waals surface area contributed by atoms with Crippen LogP contribution in [0.3, 0.4) is 0 Å². The molecule has 0 saturated carbocycles. The Bertz CT molecular complexity index is 940. The number of rotatable bonds is 6. The van der Waals surface area contributed by atoms with Crippen LogP contribution < -0.4 is 15.4 Å². The van der Waals surface area contributed by atoms with Gasteiger partial charge in [0.15, 0.2) is 11.5 Å². The first-order valence-electron chi connectivity index (χ1n) is 8.59. The summed E-state index contributed by atoms with van der Waals surface area (Å²) in [5, 5.41) is 6.09. The molecule has 6 heteroatoms. The van der Waals surface area contributed by atoms with E-state index in [1.54, 1.807) is 7.11 Å². The number of ether oxygens (including phenoxy) is 1. The molecule has 0 aliphatic rings. The van der Waals surface area contributed by atoms with E-state index >= 15 is 0 Å². The number of fused-ring (bicyclic) bond motifs is 1. The molecule has 3 aromatic rings. The van der Waals surface area contributed by atoms with Gasteiger partial charge >= 0.3 is 0 Å². The lowest BCUT2D eigenvalue weighted by molar-refractivity contribution is 0.102. The quantitative estimate of drug-likeness (QED) is 0.702. The Morgan fingerprint density at radius 1 is 1.12 bits per heavy atom. The van der Waals surface area contributed by atoms with Crippen LogP contribution in [0.25, 0.3) is 11.0 Å². The number of para-hydroxylation sites is 2. The van der Waals surface area contributed by atoms with E-state index in [9.17, 15) is 4.79 Å². The lowest BCUT2D eigenvalue weighted by Gasteiger charge is -2.13. The van der Waals surface area contributed by atoms with Gasteiger partial charge in [0, 0.05) is 6.54 Å². The SMILES string of the molecule is CCCNc1nc2ccccc2nc1C(=O)Nc1cc(C)ccc1OC. The molecule has 0 bridgehead atoms. The maximum absolute atomic E-state index is 12.9. The van der Waals surface area contributed by atoms with Crippen molar-refractivity contribution in [2.24, 2.45) is 0 Å². The van der Waals surface area contributed by atoms with Gasteiger partial charge in [0.25, 0.3) is 5.91 Å². The Labute approximate surface area is 152 Å². The number of nitrogens with zero attached hydrogens (tertiary/aromatic N) is 2. The summed E-state index contributed by atoms with van der Waals surface area (Å²) in [6, 6.07) is 13.1. The number of aromatic nitrogens is 2. The number of hydrogen-bond acceptors (Lipinski definition) is 5. The number of carbonyl (C=O) groups excluding carboxylic acids is 1. The van der Waals surface area contributed by atoms with E-state index in [4.69, 9.17) is 4.74 Å². The van der Waals surface area contributed by atoms with Gasteiger partial charge in [0.1, 0.15) is 5.75 Å². The summed E-state index contributed by atoms with van der Waals surface area (Å²) in [4.78, 5) is 22.0. The average Bonchev–Trinajstić information content (AvgIpc) is 2.65. The van der Waals surface area contributed by atoms with Crippen LogP contribution in [-0.4, -0.2) is 29.5 Å². The summed E-state index contributed by atoms with van der Waals surface area (Å²) in [6.07, 6.45) is 0.918. The molecule has 3 rings (SSSR count). The second kappa shape index (κ2) is 7.82. The fourth-order valence-electron chi connectivity index (χ4n) is 2.63. The molecule has 1 heterocycles. The van der Waals surface area contributed by atoms with Gasteiger partial charge < -0.3 is 15.4 Å². The Kier molecular flexibility index (Phi) is 5.31. The summed E-state index contributed by atoms with van der Waals surface area (Å²) in [5.41, 5.74) is 3.32. The van der Waals surface area contributed by atoms with Gasteiger partial charge in [0.05, 0.1) is 23.8 Å². The molecule has 0 aliphatic carbocycles. The van der Waals surface area contributed by atoms with Crippen LogP contribution >= 0.6 is 0 Å². The van der Waals surface area contributed by atoms with Crippen LogP contribution in [0, 0.1) is 6.92 Å². The maximum Gasteiger partial charge on any atom is 0.278 e. The summed E-state index contributed by atoms with van der Waals surface area (Å²) < 4.78 is 5.34. The van der Waals surface area contributed by atoms with Gasteiger partial charge in [-0.1, -0.05) is 25.1 Å². The monoisotopic (exact) mass is 350 g/mol. The fraction of sp³-hybridized carbons (Fsp3) is 0.250. The van der Waals surface area contributed by atoms with Gasteiger partial charge in [-0.2, -0.15) is 0 Å². The zero-order valence-electron chi connectivity index (χ0n) is 15.2. The van der Waals surface area contributed by atoms with E-state index in [0.717, 1.165) is 17.5 Å². The standard InChI is InChI=1S/C20H22N4O2/c1-4-11-21-19-18(22-14-7-5-6-8-15(14)23-19)20(25)24-16-12-13(2)9-10-17(16)26-3/h5-10,12H,4,11H2,1-3H3,(H,21,23)(H,24,25). The molecular formula is C20H22N4O2. The largest absolute Gasteiger partial charge is 0.495 e. The van der Waals surface area contributed by atoms with Gasteiger partial charge in [-0.25, -0.2) is 9.97 Å². The minimum atomic E-state index is -0.328. The maximum atomic E-state index is 12.9. The molecule has 0 spiro atoms. The molecule has 0 saturated heterocycles. The van der Waals surface area contributed by atoms with E-state index in [2.05, 4.69) is 27.5 Å². The van der Waals surface area contributed by atoms with Crippen molar-refractivity contribution in [2.75, 3.05) is 24.3 Å². The number of amides is 1. The lowest BCUT2D eigenvalue weighted by Crippen LogP contribution is -2.18. The highest BCUT2D eigenvalue weighted by molar-refractivity contribution is 6.07. The predicted molar refractivity (Wildman–Crippen MR) is 104 cm³/mol. The normalized spacial score (nSPS) is 10.6. The predicted octanol–water partition coefficient (Wildman–Crippen LogP) is 4.02. The average molecular weight is 350 g/mol. The smallest absolute Gasteiger partial charge is 0.278 e. The number of benzene rings is 2. The molecule has 2 aromatic carbocycles. The first-order valence-corrected chi connectivity index (χ1v) is 8.59. The Hall–Kier alpha value is -3.15. The first kappa shape index (κ1) is 17.7. The molecule has 134 valence electrons. The van der Waals surface area contributed by atoms with Gasteiger partial charge in [-0.3, -0.25) is 4.79 Å². The highest BCUT2D eigenvalue weighted by Gasteiger charge is 2.18. The minimum absolute atomic E-state index is 0.265. The molecule has 0 unspecified atom stereocenters. The molecule has 0 atom stereocenters. The number of carbonyl (C=O) groups is 1. The summed E-state index contributed by atoms with van der Waals surface area (Å²) in [7, 11) is 1.57. The lowest BCUT2D eigenvalue weighted by atomic mass is 10.2. The van der Waals surface area contributed by atoms with Crippen LogP contribution in [0.4, 0.5) is 11.5 Å². The van der Waals surface area contributed by atoms with Crippen LogP contribution in [-0.2, 0) is 0 Å².